The summed E-state index contributed by atoms with van der Waals surface area (Å²) in [4.78, 5) is 13.7. The van der Waals surface area contributed by atoms with Gasteiger partial charge in [-0.25, -0.2) is 0 Å². The van der Waals surface area contributed by atoms with Crippen LogP contribution >= 0.6 is 0 Å². The average Bonchev–Trinajstić information content (AvgIpc) is 3.63. The molecular formula is C29H42N2O2. The molecule has 8 rings (SSSR count). The lowest BCUT2D eigenvalue weighted by molar-refractivity contribution is -0.134. The fourth-order valence-electron chi connectivity index (χ4n) is 11.2. The van der Waals surface area contributed by atoms with Gasteiger partial charge in [0.15, 0.2) is 5.78 Å². The van der Waals surface area contributed by atoms with E-state index in [1.807, 2.05) is 6.20 Å². The molecule has 0 aromatic carbocycles. The summed E-state index contributed by atoms with van der Waals surface area (Å²) in [6, 6.07) is 0. The first-order valence-corrected chi connectivity index (χ1v) is 14.1. The molecule has 0 aliphatic heterocycles. The van der Waals surface area contributed by atoms with Crippen molar-refractivity contribution in [2.75, 3.05) is 6.54 Å². The number of hydrogen-bond donors (Lipinski definition) is 3. The third-order valence-corrected chi connectivity index (χ3v) is 12.4. The van der Waals surface area contributed by atoms with E-state index in [2.05, 4.69) is 19.2 Å². The molecular weight excluding hydrogens is 408 g/mol. The Morgan fingerprint density at radius 2 is 1.79 bits per heavy atom. The molecule has 0 amide bonds. The highest BCUT2D eigenvalue weighted by Crippen LogP contribution is 2.99. The second-order valence-electron chi connectivity index (χ2n) is 13.7. The maximum Gasteiger partial charge on any atom is 0.159 e. The van der Waals surface area contributed by atoms with Crippen LogP contribution < -0.4 is 5.32 Å². The summed E-state index contributed by atoms with van der Waals surface area (Å²) < 4.78 is 0. The van der Waals surface area contributed by atoms with Gasteiger partial charge in [0.1, 0.15) is 0 Å². The average molecular weight is 451 g/mol. The Labute approximate surface area is 198 Å². The lowest BCUT2D eigenvalue weighted by atomic mass is 9.49. The first-order chi connectivity index (χ1) is 15.8. The second kappa shape index (κ2) is 6.74. The van der Waals surface area contributed by atoms with E-state index in [1.165, 1.54) is 38.5 Å². The van der Waals surface area contributed by atoms with E-state index in [4.69, 9.17) is 5.41 Å². The normalized spacial score (nSPS) is 56.9. The van der Waals surface area contributed by atoms with E-state index in [0.29, 0.717) is 24.2 Å². The lowest BCUT2D eigenvalue weighted by Gasteiger charge is -2.56. The van der Waals surface area contributed by atoms with Crippen molar-refractivity contribution in [3.8, 4) is 0 Å². The van der Waals surface area contributed by atoms with Gasteiger partial charge in [-0.3, -0.25) is 4.79 Å². The molecule has 4 heteroatoms. The number of Topliss-reactive ketones (excluding diaryl/α,β-unsaturated/α-hetero) is 1. The van der Waals surface area contributed by atoms with Crippen molar-refractivity contribution in [3.63, 3.8) is 0 Å². The molecule has 8 aliphatic carbocycles. The summed E-state index contributed by atoms with van der Waals surface area (Å²) in [7, 11) is 0. The molecule has 0 heterocycles. The van der Waals surface area contributed by atoms with E-state index in [0.717, 1.165) is 78.9 Å². The highest BCUT2D eigenvalue weighted by atomic mass is 16.3. The van der Waals surface area contributed by atoms with E-state index in [-0.39, 0.29) is 10.8 Å². The van der Waals surface area contributed by atoms with Gasteiger partial charge in [0.05, 0.1) is 12.1 Å². The minimum Gasteiger partial charge on any atom is -0.390 e. The minimum atomic E-state index is -0.439. The van der Waals surface area contributed by atoms with Crippen molar-refractivity contribution in [1.29, 1.82) is 5.41 Å². The number of allylic oxidation sites excluding steroid dienone is 1. The zero-order valence-corrected chi connectivity index (χ0v) is 20.5. The Kier molecular flexibility index (Phi) is 4.32. The number of ketones is 1. The summed E-state index contributed by atoms with van der Waals surface area (Å²) in [5.41, 5.74) is 1.66. The zero-order valence-electron chi connectivity index (χ0n) is 20.5. The molecule has 0 aromatic rings. The van der Waals surface area contributed by atoms with E-state index in [1.54, 1.807) is 0 Å². The van der Waals surface area contributed by atoms with Crippen LogP contribution in [-0.4, -0.2) is 28.7 Å². The molecule has 0 spiro atoms. The van der Waals surface area contributed by atoms with Gasteiger partial charge in [-0.15, -0.1) is 0 Å². The van der Waals surface area contributed by atoms with Crippen LogP contribution in [0.3, 0.4) is 0 Å². The summed E-state index contributed by atoms with van der Waals surface area (Å²) in [5, 5.41) is 22.2. The van der Waals surface area contributed by atoms with Crippen molar-refractivity contribution >= 4 is 11.5 Å². The van der Waals surface area contributed by atoms with Gasteiger partial charge >= 0.3 is 0 Å². The van der Waals surface area contributed by atoms with Crippen molar-refractivity contribution < 1.29 is 9.90 Å². The van der Waals surface area contributed by atoms with Gasteiger partial charge in [0, 0.05) is 17.3 Å². The summed E-state index contributed by atoms with van der Waals surface area (Å²) in [5.74, 6) is 6.75. The topological polar surface area (TPSA) is 73.2 Å². The van der Waals surface area contributed by atoms with Crippen molar-refractivity contribution in [2.45, 2.75) is 90.1 Å². The van der Waals surface area contributed by atoms with Crippen LogP contribution in [0.25, 0.3) is 0 Å². The van der Waals surface area contributed by atoms with Crippen LogP contribution in [0, 0.1) is 63.6 Å². The fraction of sp³-hybridized carbons (Fsp3) is 0.862. The maximum absolute atomic E-state index is 13.7. The first-order valence-electron chi connectivity index (χ1n) is 14.1. The summed E-state index contributed by atoms with van der Waals surface area (Å²) >= 11 is 0. The van der Waals surface area contributed by atoms with Gasteiger partial charge in [-0.05, 0) is 136 Å². The van der Waals surface area contributed by atoms with Gasteiger partial charge in [-0.2, -0.15) is 0 Å². The smallest absolute Gasteiger partial charge is 0.159 e. The number of aliphatic hydroxyl groups is 1. The highest BCUT2D eigenvalue weighted by molar-refractivity contribution is 5.98. The predicted octanol–water partition coefficient (Wildman–Crippen LogP) is 5.11. The number of carbonyl (C=O) groups excluding carboxylic acids is 1. The van der Waals surface area contributed by atoms with Crippen molar-refractivity contribution in [2.24, 2.45) is 58.2 Å². The number of carbonyl (C=O) groups is 1. The molecule has 3 N–H and O–H groups in total. The van der Waals surface area contributed by atoms with Crippen LogP contribution in [0.1, 0.15) is 84.5 Å². The standard InChI is InChI=1S/C29H42N2O2/c1-27(33)11-9-18-16(13-27)7-8-20-19(18)10-12-28(2)24(20)23-25-26(23)29(25,28)22(32)15-31-14-17-5-3-4-6-21(17)30/h14,16,18-20,23-26,30-31,33H,3-13,15H2,1-2H3/b17-14-,30-21?. The molecule has 8 aliphatic rings. The number of nitrogens with one attached hydrogen (secondary N) is 2. The van der Waals surface area contributed by atoms with Crippen molar-refractivity contribution in [3.05, 3.63) is 11.8 Å². The van der Waals surface area contributed by atoms with Crippen LogP contribution in [0.5, 0.6) is 0 Å². The fourth-order valence-corrected chi connectivity index (χ4v) is 11.2. The number of rotatable bonds is 4. The molecule has 0 radical (unpaired) electrons. The van der Waals surface area contributed by atoms with Crippen LogP contribution in [0.15, 0.2) is 11.8 Å². The Morgan fingerprint density at radius 1 is 1.03 bits per heavy atom. The molecule has 2 bridgehead atoms. The molecule has 8 fully saturated rings. The number of hydrogen-bond acceptors (Lipinski definition) is 4. The Morgan fingerprint density at radius 3 is 2.58 bits per heavy atom. The molecule has 33 heavy (non-hydrogen) atoms. The Balaban J connectivity index is 1.07. The van der Waals surface area contributed by atoms with Crippen LogP contribution in [-0.2, 0) is 4.79 Å². The van der Waals surface area contributed by atoms with Gasteiger partial charge < -0.3 is 15.8 Å². The van der Waals surface area contributed by atoms with Gasteiger partial charge in [0.25, 0.3) is 0 Å². The molecule has 9 unspecified atom stereocenters. The second-order valence-corrected chi connectivity index (χ2v) is 13.7. The quantitative estimate of drug-likeness (QED) is 0.557. The first kappa shape index (κ1) is 21.1. The van der Waals surface area contributed by atoms with E-state index >= 15 is 0 Å². The van der Waals surface area contributed by atoms with Gasteiger partial charge in [0.2, 0.25) is 0 Å². The van der Waals surface area contributed by atoms with E-state index < -0.39 is 5.60 Å². The third kappa shape index (κ3) is 2.63. The van der Waals surface area contributed by atoms with Crippen LogP contribution in [0.4, 0.5) is 0 Å². The molecule has 8 saturated carbocycles. The SMILES string of the molecule is CC1(O)CCC2C(CCC3C2CCC2(C)C3C3C4C3C42C(=O)CN/C=C2/CCCCC2=N)C1. The highest BCUT2D eigenvalue weighted by Gasteiger charge is 2.99. The predicted molar refractivity (Wildman–Crippen MR) is 129 cm³/mol. The molecule has 180 valence electrons. The molecule has 0 aromatic heterocycles. The minimum absolute atomic E-state index is 0.00797. The van der Waals surface area contributed by atoms with E-state index in [9.17, 15) is 9.90 Å². The largest absolute Gasteiger partial charge is 0.390 e. The Hall–Kier alpha value is -1.16. The molecule has 4 nitrogen and oxygen atoms in total. The molecule has 0 saturated heterocycles. The van der Waals surface area contributed by atoms with Crippen molar-refractivity contribution in [1.82, 2.24) is 5.32 Å². The number of fused-ring (bicyclic) bond motifs is 3. The van der Waals surface area contributed by atoms with Gasteiger partial charge in [-0.1, -0.05) is 6.92 Å². The van der Waals surface area contributed by atoms with Crippen LogP contribution in [0.2, 0.25) is 0 Å². The Bertz CT molecular complexity index is 926. The summed E-state index contributed by atoms with van der Waals surface area (Å²) in [6.45, 7) is 5.03. The third-order valence-electron chi connectivity index (χ3n) is 12.4. The summed E-state index contributed by atoms with van der Waals surface area (Å²) in [6.07, 6.45) is 14.6. The molecule has 9 atom stereocenters. The maximum atomic E-state index is 13.7. The monoisotopic (exact) mass is 450 g/mol. The lowest BCUT2D eigenvalue weighted by Crippen LogP contribution is -2.51. The zero-order chi connectivity index (χ0) is 22.8.